The van der Waals surface area contributed by atoms with Gasteiger partial charge in [0.05, 0.1) is 5.69 Å². The first-order valence-corrected chi connectivity index (χ1v) is 4.67. The van der Waals surface area contributed by atoms with Crippen molar-refractivity contribution in [3.63, 3.8) is 0 Å². The van der Waals surface area contributed by atoms with E-state index < -0.39 is 5.91 Å². The van der Waals surface area contributed by atoms with Crippen LogP contribution in [-0.2, 0) is 0 Å². The molecule has 0 spiro atoms. The van der Waals surface area contributed by atoms with E-state index in [-0.39, 0.29) is 5.69 Å². The third-order valence-corrected chi connectivity index (χ3v) is 1.97. The quantitative estimate of drug-likeness (QED) is 0.440. The Kier molecular flexibility index (Phi) is 2.80. The molecule has 0 radical (unpaired) electrons. The summed E-state index contributed by atoms with van der Waals surface area (Å²) in [6, 6.07) is 5.23. The molecule has 0 unspecified atom stereocenters. The van der Waals surface area contributed by atoms with Crippen molar-refractivity contribution in [3.8, 4) is 5.82 Å². The molecule has 0 aliphatic heterocycles. The zero-order chi connectivity index (χ0) is 12.3. The van der Waals surface area contributed by atoms with Crippen LogP contribution in [0.1, 0.15) is 16.2 Å². The first kappa shape index (κ1) is 10.8. The van der Waals surface area contributed by atoms with Gasteiger partial charge in [-0.1, -0.05) is 6.07 Å². The minimum atomic E-state index is -0.757. The number of aryl methyl sites for hydroxylation is 1. The summed E-state index contributed by atoms with van der Waals surface area (Å²) in [5.74, 6) is -0.275. The van der Waals surface area contributed by atoms with E-state index in [1.54, 1.807) is 31.3 Å². The summed E-state index contributed by atoms with van der Waals surface area (Å²) < 4.78 is 0. The molecule has 0 fully saturated rings. The third-order valence-electron chi connectivity index (χ3n) is 1.97. The van der Waals surface area contributed by atoms with Gasteiger partial charge in [0.1, 0.15) is 0 Å². The zero-order valence-corrected chi connectivity index (χ0v) is 8.85. The highest BCUT2D eigenvalue weighted by Crippen LogP contribution is 2.07. The maximum absolute atomic E-state index is 11.4. The number of hydrogen-bond acceptors (Lipinski definition) is 4. The molecule has 0 aliphatic carbocycles. The Hall–Kier alpha value is -2.73. The number of rotatable bonds is 2. The number of amides is 1. The Labute approximate surface area is 95.5 Å². The molecule has 0 atom stereocenters. The highest BCUT2D eigenvalue weighted by atomic mass is 16.2. The Morgan fingerprint density at radius 3 is 2.94 bits per heavy atom. The molecule has 2 heterocycles. The van der Waals surface area contributed by atoms with Crippen molar-refractivity contribution < 1.29 is 4.79 Å². The van der Waals surface area contributed by atoms with Crippen LogP contribution in [0.3, 0.4) is 0 Å². The summed E-state index contributed by atoms with van der Waals surface area (Å²) >= 11 is 0. The standard InChI is InChI=1S/C9H7N7O/c1-6-8(9(17)12-15-10)14-16(13-6)7-4-2-3-5-11-7/h2-5H,1H3. The van der Waals surface area contributed by atoms with Crippen molar-refractivity contribution in [2.75, 3.05) is 0 Å². The average Bonchev–Trinajstić information content (AvgIpc) is 2.73. The predicted molar refractivity (Wildman–Crippen MR) is 57.4 cm³/mol. The SMILES string of the molecule is Cc1nn(-c2ccccn2)nc1C(=O)N=[N+]=[N-]. The first-order chi connectivity index (χ1) is 8.22. The van der Waals surface area contributed by atoms with E-state index in [9.17, 15) is 4.79 Å². The number of hydrogen-bond donors (Lipinski definition) is 0. The van der Waals surface area contributed by atoms with Gasteiger partial charge in [-0.25, -0.2) is 4.98 Å². The molecule has 0 N–H and O–H groups in total. The van der Waals surface area contributed by atoms with Crippen molar-refractivity contribution >= 4 is 5.91 Å². The number of carbonyl (C=O) groups excluding carboxylic acids is 1. The number of azide groups is 1. The van der Waals surface area contributed by atoms with Gasteiger partial charge >= 0.3 is 0 Å². The monoisotopic (exact) mass is 229 g/mol. The number of carbonyl (C=O) groups is 1. The second kappa shape index (κ2) is 4.42. The molecule has 8 heteroatoms. The van der Waals surface area contributed by atoms with Gasteiger partial charge < -0.3 is 0 Å². The smallest absolute Gasteiger partial charge is 0.271 e. The van der Waals surface area contributed by atoms with E-state index in [4.69, 9.17) is 5.53 Å². The molecule has 0 bridgehead atoms. The van der Waals surface area contributed by atoms with Gasteiger partial charge in [-0.05, 0) is 29.7 Å². The van der Waals surface area contributed by atoms with Gasteiger partial charge in [0.2, 0.25) is 0 Å². The summed E-state index contributed by atoms with van der Waals surface area (Å²) in [5, 5.41) is 10.9. The van der Waals surface area contributed by atoms with Gasteiger partial charge in [0.15, 0.2) is 11.5 Å². The van der Waals surface area contributed by atoms with Gasteiger partial charge in [-0.2, -0.15) is 5.10 Å². The van der Waals surface area contributed by atoms with Crippen LogP contribution in [0.4, 0.5) is 0 Å². The Morgan fingerprint density at radius 1 is 1.47 bits per heavy atom. The molecule has 0 aromatic carbocycles. The lowest BCUT2D eigenvalue weighted by Crippen LogP contribution is -2.02. The lowest BCUT2D eigenvalue weighted by atomic mass is 10.3. The molecular formula is C9H7N7O. The van der Waals surface area contributed by atoms with Crippen molar-refractivity contribution in [2.45, 2.75) is 6.92 Å². The summed E-state index contributed by atoms with van der Waals surface area (Å²) in [7, 11) is 0. The van der Waals surface area contributed by atoms with Gasteiger partial charge in [0.25, 0.3) is 5.91 Å². The topological polar surface area (TPSA) is 109 Å². The van der Waals surface area contributed by atoms with Gasteiger partial charge in [-0.15, -0.1) is 9.90 Å². The highest BCUT2D eigenvalue weighted by molar-refractivity contribution is 5.93. The van der Waals surface area contributed by atoms with E-state index in [0.717, 1.165) is 0 Å². The first-order valence-electron chi connectivity index (χ1n) is 4.67. The van der Waals surface area contributed by atoms with Crippen molar-refractivity contribution in [1.82, 2.24) is 20.0 Å². The van der Waals surface area contributed by atoms with E-state index in [1.807, 2.05) is 0 Å². The predicted octanol–water partition coefficient (Wildman–Crippen LogP) is 1.42. The molecular weight excluding hydrogens is 222 g/mol. The van der Waals surface area contributed by atoms with Crippen LogP contribution in [0.5, 0.6) is 0 Å². The lowest BCUT2D eigenvalue weighted by molar-refractivity contribution is 0.0994. The highest BCUT2D eigenvalue weighted by Gasteiger charge is 2.14. The zero-order valence-electron chi connectivity index (χ0n) is 8.85. The Morgan fingerprint density at radius 2 is 2.29 bits per heavy atom. The number of pyridine rings is 1. The van der Waals surface area contributed by atoms with Gasteiger partial charge in [0, 0.05) is 11.1 Å². The van der Waals surface area contributed by atoms with E-state index in [0.29, 0.717) is 11.5 Å². The molecule has 84 valence electrons. The molecule has 17 heavy (non-hydrogen) atoms. The van der Waals surface area contributed by atoms with Crippen molar-refractivity contribution in [1.29, 1.82) is 0 Å². The fourth-order valence-electron chi connectivity index (χ4n) is 1.24. The van der Waals surface area contributed by atoms with Crippen LogP contribution in [0, 0.1) is 6.92 Å². The van der Waals surface area contributed by atoms with E-state index >= 15 is 0 Å². The molecule has 2 rings (SSSR count). The molecule has 0 saturated heterocycles. The largest absolute Gasteiger partial charge is 0.285 e. The molecule has 2 aromatic heterocycles. The fraction of sp³-hybridized carbons (Fsp3) is 0.111. The number of aromatic nitrogens is 4. The minimum absolute atomic E-state index is 0.0217. The Bertz CT molecular complexity index is 597. The molecule has 1 amide bonds. The molecule has 8 nitrogen and oxygen atoms in total. The summed E-state index contributed by atoms with van der Waals surface area (Å²) in [4.78, 5) is 19.0. The molecule has 0 aliphatic rings. The van der Waals surface area contributed by atoms with Gasteiger partial charge in [-0.3, -0.25) is 4.79 Å². The van der Waals surface area contributed by atoms with Crippen molar-refractivity contribution in [2.24, 2.45) is 5.11 Å². The number of nitrogens with zero attached hydrogens (tertiary/aromatic N) is 7. The van der Waals surface area contributed by atoms with Crippen LogP contribution in [0.2, 0.25) is 0 Å². The average molecular weight is 229 g/mol. The minimum Gasteiger partial charge on any atom is -0.285 e. The molecule has 0 saturated carbocycles. The second-order valence-corrected chi connectivity index (χ2v) is 3.11. The Balaban J connectivity index is 2.44. The maximum atomic E-state index is 11.4. The summed E-state index contributed by atoms with van der Waals surface area (Å²) in [6.07, 6.45) is 1.59. The van der Waals surface area contributed by atoms with Crippen LogP contribution in [-0.4, -0.2) is 25.9 Å². The van der Waals surface area contributed by atoms with Crippen molar-refractivity contribution in [3.05, 3.63) is 46.2 Å². The lowest BCUT2D eigenvalue weighted by Gasteiger charge is -1.95. The van der Waals surface area contributed by atoms with Crippen LogP contribution < -0.4 is 0 Å². The summed E-state index contributed by atoms with van der Waals surface area (Å²) in [5.41, 5.74) is 8.59. The fourth-order valence-corrected chi connectivity index (χ4v) is 1.24. The normalized spacial score (nSPS) is 9.71. The maximum Gasteiger partial charge on any atom is 0.271 e. The third kappa shape index (κ3) is 2.11. The summed E-state index contributed by atoms with van der Waals surface area (Å²) in [6.45, 7) is 1.60. The molecule has 2 aromatic rings. The van der Waals surface area contributed by atoms with Crippen LogP contribution >= 0.6 is 0 Å². The van der Waals surface area contributed by atoms with E-state index in [1.165, 1.54) is 4.80 Å². The second-order valence-electron chi connectivity index (χ2n) is 3.11. The van der Waals surface area contributed by atoms with Crippen LogP contribution in [0.25, 0.3) is 16.3 Å². The van der Waals surface area contributed by atoms with E-state index in [2.05, 4.69) is 25.2 Å². The van der Waals surface area contributed by atoms with Crippen LogP contribution in [0.15, 0.2) is 29.5 Å².